The van der Waals surface area contributed by atoms with Crippen molar-refractivity contribution in [2.24, 2.45) is 0 Å². The van der Waals surface area contributed by atoms with Crippen LogP contribution in [-0.2, 0) is 0 Å². The number of piperazine rings is 1. The Morgan fingerprint density at radius 3 is 2.52 bits per heavy atom. The molecule has 138 valence electrons. The molecule has 1 saturated heterocycles. The maximum absolute atomic E-state index is 4.27. The highest BCUT2D eigenvalue weighted by Crippen LogP contribution is 2.20. The van der Waals surface area contributed by atoms with E-state index in [9.17, 15) is 0 Å². The summed E-state index contributed by atoms with van der Waals surface area (Å²) in [7, 11) is 4.13. The van der Waals surface area contributed by atoms with E-state index in [1.54, 1.807) is 0 Å². The first-order valence-corrected chi connectivity index (χ1v) is 9.00. The second-order valence-corrected chi connectivity index (χ2v) is 6.94. The van der Waals surface area contributed by atoms with Crippen LogP contribution in [0.4, 0.5) is 0 Å². The van der Waals surface area contributed by atoms with Crippen LogP contribution >= 0.6 is 0 Å². The van der Waals surface area contributed by atoms with Gasteiger partial charge in [-0.3, -0.25) is 0 Å². The lowest BCUT2D eigenvalue weighted by atomic mass is 10.1. The van der Waals surface area contributed by atoms with Crippen LogP contribution in [0.3, 0.4) is 0 Å². The molecular formula is C22H35N3. The minimum Gasteiger partial charge on any atom is -0.364 e. The first-order chi connectivity index (χ1) is 11.8. The summed E-state index contributed by atoms with van der Waals surface area (Å²) in [4.78, 5) is 6.74. The van der Waals surface area contributed by atoms with Crippen LogP contribution < -0.4 is 0 Å². The van der Waals surface area contributed by atoms with Crippen molar-refractivity contribution < 1.29 is 0 Å². The number of nitrogens with zero attached hydrogens (tertiary/aromatic N) is 3. The maximum Gasteiger partial charge on any atom is 0.0576 e. The van der Waals surface area contributed by atoms with E-state index in [0.29, 0.717) is 0 Å². The van der Waals surface area contributed by atoms with Gasteiger partial charge in [-0.15, -0.1) is 6.58 Å². The molecule has 0 aromatic carbocycles. The third kappa shape index (κ3) is 7.61. The minimum atomic E-state index is 0.829. The summed E-state index contributed by atoms with van der Waals surface area (Å²) < 4.78 is 0. The van der Waals surface area contributed by atoms with Gasteiger partial charge in [0.2, 0.25) is 0 Å². The largest absolute Gasteiger partial charge is 0.364 e. The lowest BCUT2D eigenvalue weighted by Gasteiger charge is -2.39. The van der Waals surface area contributed by atoms with Crippen LogP contribution in [0.1, 0.15) is 26.7 Å². The molecule has 0 aliphatic carbocycles. The zero-order valence-electron chi connectivity index (χ0n) is 16.6. The highest BCUT2D eigenvalue weighted by molar-refractivity contribution is 5.23. The molecule has 0 aromatic rings. The highest BCUT2D eigenvalue weighted by Gasteiger charge is 2.20. The maximum atomic E-state index is 4.27. The Balaban J connectivity index is 2.60. The second-order valence-electron chi connectivity index (χ2n) is 6.94. The van der Waals surface area contributed by atoms with Crippen LogP contribution in [-0.4, -0.2) is 55.0 Å². The van der Waals surface area contributed by atoms with Crippen molar-refractivity contribution in [2.75, 3.05) is 40.3 Å². The van der Waals surface area contributed by atoms with Crippen LogP contribution in [0.2, 0.25) is 0 Å². The summed E-state index contributed by atoms with van der Waals surface area (Å²) in [5.41, 5.74) is 4.81. The Morgan fingerprint density at radius 1 is 1.20 bits per heavy atom. The van der Waals surface area contributed by atoms with Gasteiger partial charge in [-0.25, -0.2) is 0 Å². The zero-order valence-corrected chi connectivity index (χ0v) is 16.6. The molecule has 0 spiro atoms. The summed E-state index contributed by atoms with van der Waals surface area (Å²) in [6.07, 6.45) is 12.7. The van der Waals surface area contributed by atoms with E-state index in [1.165, 1.54) is 11.3 Å². The van der Waals surface area contributed by atoms with Gasteiger partial charge < -0.3 is 14.7 Å². The predicted octanol–water partition coefficient (Wildman–Crippen LogP) is 4.57. The Bertz CT molecular complexity index is 564. The van der Waals surface area contributed by atoms with E-state index >= 15 is 0 Å². The SMILES string of the molecule is C=CCC/C(C)=C/C=C(\C)N1CCN(C(=C)/C=C/CN(C)C)CC1=C. The summed E-state index contributed by atoms with van der Waals surface area (Å²) >= 11 is 0. The summed E-state index contributed by atoms with van der Waals surface area (Å²) in [5, 5.41) is 0. The molecule has 0 N–H and O–H groups in total. The Labute approximate surface area is 155 Å². The van der Waals surface area contributed by atoms with Crippen molar-refractivity contribution in [2.45, 2.75) is 26.7 Å². The summed E-state index contributed by atoms with van der Waals surface area (Å²) in [6, 6.07) is 0. The average Bonchev–Trinajstić information content (AvgIpc) is 2.57. The quantitative estimate of drug-likeness (QED) is 0.449. The van der Waals surface area contributed by atoms with Gasteiger partial charge in [0.05, 0.1) is 6.54 Å². The van der Waals surface area contributed by atoms with Gasteiger partial charge in [0.1, 0.15) is 0 Å². The molecule has 1 aliphatic heterocycles. The van der Waals surface area contributed by atoms with Crippen molar-refractivity contribution in [1.29, 1.82) is 0 Å². The zero-order chi connectivity index (χ0) is 18.8. The van der Waals surface area contributed by atoms with Crippen LogP contribution in [0.15, 0.2) is 72.8 Å². The molecule has 1 aliphatic rings. The summed E-state index contributed by atoms with van der Waals surface area (Å²) in [6.45, 7) is 20.2. The van der Waals surface area contributed by atoms with Crippen LogP contribution in [0, 0.1) is 0 Å². The topological polar surface area (TPSA) is 9.72 Å². The average molecular weight is 342 g/mol. The summed E-state index contributed by atoms with van der Waals surface area (Å²) in [5.74, 6) is 0. The standard InChI is InChI=1S/C22H35N3/c1-8-9-11-19(2)13-14-21(4)25-17-16-24(18-22(25)5)20(3)12-10-15-23(6)7/h8,10,12-14H,1,3,5,9,11,15-18H2,2,4,6-7H3/b12-10+,19-13+,21-14+. The molecule has 0 bridgehead atoms. The molecule has 1 heterocycles. The fourth-order valence-electron chi connectivity index (χ4n) is 2.71. The first-order valence-electron chi connectivity index (χ1n) is 9.00. The Kier molecular flexibility index (Phi) is 9.07. The number of likely N-dealkylation sites (N-methyl/N-ethyl adjacent to an activating group) is 1. The third-order valence-electron chi connectivity index (χ3n) is 4.31. The van der Waals surface area contributed by atoms with Crippen molar-refractivity contribution >= 4 is 0 Å². The van der Waals surface area contributed by atoms with E-state index in [2.05, 4.69) is 86.7 Å². The van der Waals surface area contributed by atoms with Crippen molar-refractivity contribution in [1.82, 2.24) is 14.7 Å². The van der Waals surface area contributed by atoms with E-state index in [1.807, 2.05) is 6.08 Å². The van der Waals surface area contributed by atoms with Gasteiger partial charge >= 0.3 is 0 Å². The van der Waals surface area contributed by atoms with Gasteiger partial charge in [0, 0.05) is 36.7 Å². The van der Waals surface area contributed by atoms with Crippen molar-refractivity contribution in [3.8, 4) is 0 Å². The van der Waals surface area contributed by atoms with Gasteiger partial charge in [0.25, 0.3) is 0 Å². The number of rotatable bonds is 9. The van der Waals surface area contributed by atoms with Crippen molar-refractivity contribution in [3.63, 3.8) is 0 Å². The lowest BCUT2D eigenvalue weighted by Crippen LogP contribution is -2.42. The molecule has 3 nitrogen and oxygen atoms in total. The third-order valence-corrected chi connectivity index (χ3v) is 4.31. The number of hydrogen-bond donors (Lipinski definition) is 0. The van der Waals surface area contributed by atoms with Crippen LogP contribution in [0.5, 0.6) is 0 Å². The van der Waals surface area contributed by atoms with Gasteiger partial charge in [-0.05, 0) is 52.9 Å². The normalized spacial score (nSPS) is 16.9. The Hall–Kier alpha value is -2.00. The predicted molar refractivity (Wildman–Crippen MR) is 111 cm³/mol. The molecule has 0 amide bonds. The van der Waals surface area contributed by atoms with Gasteiger partial charge in [-0.2, -0.15) is 0 Å². The molecule has 0 saturated carbocycles. The van der Waals surface area contributed by atoms with Gasteiger partial charge in [-0.1, -0.05) is 37.0 Å². The Morgan fingerprint density at radius 2 is 1.92 bits per heavy atom. The molecule has 0 radical (unpaired) electrons. The first kappa shape index (κ1) is 21.0. The number of hydrogen-bond acceptors (Lipinski definition) is 3. The molecule has 1 rings (SSSR count). The molecular weight excluding hydrogens is 306 g/mol. The lowest BCUT2D eigenvalue weighted by molar-refractivity contribution is 0.247. The molecule has 3 heteroatoms. The monoisotopic (exact) mass is 341 g/mol. The fraction of sp³-hybridized carbons (Fsp3) is 0.455. The molecule has 0 atom stereocenters. The highest BCUT2D eigenvalue weighted by atomic mass is 15.3. The van der Waals surface area contributed by atoms with E-state index in [4.69, 9.17) is 0 Å². The minimum absolute atomic E-state index is 0.829. The molecule has 1 fully saturated rings. The molecule has 0 unspecified atom stereocenters. The van der Waals surface area contributed by atoms with E-state index in [-0.39, 0.29) is 0 Å². The smallest absolute Gasteiger partial charge is 0.0576 e. The van der Waals surface area contributed by atoms with Gasteiger partial charge in [0.15, 0.2) is 0 Å². The van der Waals surface area contributed by atoms with E-state index < -0.39 is 0 Å². The second kappa shape index (κ2) is 10.8. The molecule has 0 aromatic heterocycles. The fourth-order valence-corrected chi connectivity index (χ4v) is 2.71. The number of allylic oxidation sites excluding steroid dienone is 6. The van der Waals surface area contributed by atoms with Crippen LogP contribution in [0.25, 0.3) is 0 Å². The van der Waals surface area contributed by atoms with Crippen molar-refractivity contribution in [3.05, 3.63) is 72.8 Å². The van der Waals surface area contributed by atoms with E-state index in [0.717, 1.165) is 50.4 Å². The molecule has 25 heavy (non-hydrogen) atoms.